The zero-order valence-corrected chi connectivity index (χ0v) is 24.6. The van der Waals surface area contributed by atoms with Crippen LogP contribution in [0.4, 0.5) is 14.6 Å². The molecule has 3 aliphatic heterocycles. The molecule has 0 spiro atoms. The van der Waals surface area contributed by atoms with Gasteiger partial charge in [-0.2, -0.15) is 9.97 Å². The maximum absolute atomic E-state index is 16.8. The predicted octanol–water partition coefficient (Wildman–Crippen LogP) is 6.63. The number of rotatable bonds is 6. The number of pyridine rings is 1. The van der Waals surface area contributed by atoms with Crippen LogP contribution < -0.4 is 9.64 Å². The van der Waals surface area contributed by atoms with E-state index in [1.165, 1.54) is 31.4 Å². The van der Waals surface area contributed by atoms with Crippen molar-refractivity contribution in [2.45, 2.75) is 63.8 Å². The number of nitrogens with zero attached hydrogens (tertiary/aromatic N) is 5. The van der Waals surface area contributed by atoms with Gasteiger partial charge in [0.25, 0.3) is 0 Å². The van der Waals surface area contributed by atoms with Gasteiger partial charge in [0.1, 0.15) is 35.2 Å². The normalized spacial score (nSPS) is 23.0. The summed E-state index contributed by atoms with van der Waals surface area (Å²) in [5.41, 5.74) is 0.976. The van der Waals surface area contributed by atoms with Crippen molar-refractivity contribution in [1.82, 2.24) is 19.9 Å². The van der Waals surface area contributed by atoms with Crippen LogP contribution in [-0.2, 0) is 6.42 Å². The summed E-state index contributed by atoms with van der Waals surface area (Å²) in [6, 6.07) is 6.22. The van der Waals surface area contributed by atoms with Gasteiger partial charge in [0, 0.05) is 24.8 Å². The quantitative estimate of drug-likeness (QED) is 0.272. The Morgan fingerprint density at radius 3 is 2.56 bits per heavy atom. The first-order chi connectivity index (χ1) is 20.9. The van der Waals surface area contributed by atoms with E-state index in [4.69, 9.17) is 9.72 Å². The first-order valence-electron chi connectivity index (χ1n) is 15.9. The minimum Gasteiger partial charge on any atom is -0.508 e. The number of halogens is 2. The number of phenols is 1. The molecule has 5 heterocycles. The van der Waals surface area contributed by atoms with E-state index in [-0.39, 0.29) is 34.3 Å². The van der Waals surface area contributed by atoms with Gasteiger partial charge in [-0.1, -0.05) is 13.0 Å². The van der Waals surface area contributed by atoms with E-state index in [2.05, 4.69) is 19.8 Å². The van der Waals surface area contributed by atoms with Crippen LogP contribution in [0.5, 0.6) is 11.8 Å². The van der Waals surface area contributed by atoms with Crippen LogP contribution in [0.15, 0.2) is 30.5 Å². The van der Waals surface area contributed by atoms with Gasteiger partial charge in [-0.25, -0.2) is 8.78 Å². The second-order valence-corrected chi connectivity index (χ2v) is 13.1. The van der Waals surface area contributed by atoms with E-state index in [9.17, 15) is 9.50 Å². The van der Waals surface area contributed by atoms with Crippen molar-refractivity contribution in [3.05, 3.63) is 47.7 Å². The number of piperidine rings is 1. The van der Waals surface area contributed by atoms with Crippen molar-refractivity contribution in [3.8, 4) is 23.0 Å². The Kier molecular flexibility index (Phi) is 6.44. The number of ether oxygens (including phenoxy) is 1. The average molecular weight is 586 g/mol. The number of anilines is 1. The van der Waals surface area contributed by atoms with Crippen LogP contribution in [0.3, 0.4) is 0 Å². The third-order valence-electron chi connectivity index (χ3n) is 10.6. The molecule has 0 radical (unpaired) electrons. The van der Waals surface area contributed by atoms with E-state index < -0.39 is 5.82 Å². The van der Waals surface area contributed by atoms with Crippen LogP contribution in [0.25, 0.3) is 32.9 Å². The second kappa shape index (κ2) is 10.3. The van der Waals surface area contributed by atoms with E-state index >= 15 is 4.39 Å². The molecule has 1 saturated carbocycles. The van der Waals surface area contributed by atoms with Gasteiger partial charge in [0.15, 0.2) is 5.82 Å². The molecule has 4 aliphatic rings. The van der Waals surface area contributed by atoms with Crippen molar-refractivity contribution < 1.29 is 18.6 Å². The molecule has 2 aromatic carbocycles. The van der Waals surface area contributed by atoms with Gasteiger partial charge in [0.05, 0.1) is 10.9 Å². The number of hydrogen-bond donors (Lipinski definition) is 1. The summed E-state index contributed by atoms with van der Waals surface area (Å²) in [6.07, 6.45) is 10.2. The SMILES string of the molecule is CCc1c(F)ccc2cc(O)cc(-c3ncc4c(N5CC6CCC(C6)C5)nc(OCC56CCCN5CCC6)nc4c3F)c12. The molecular weight excluding hydrogens is 548 g/mol. The summed E-state index contributed by atoms with van der Waals surface area (Å²) in [6.45, 7) is 6.28. The summed E-state index contributed by atoms with van der Waals surface area (Å²) >= 11 is 0. The van der Waals surface area contributed by atoms with Crippen LogP contribution >= 0.6 is 0 Å². The topological polar surface area (TPSA) is 74.6 Å². The fraction of sp³-hybridized carbons (Fsp3) is 0.500. The highest BCUT2D eigenvalue weighted by Gasteiger charge is 2.45. The second-order valence-electron chi connectivity index (χ2n) is 13.1. The molecule has 2 atom stereocenters. The first kappa shape index (κ1) is 27.0. The molecule has 4 aromatic rings. The Bertz CT molecular complexity index is 1720. The van der Waals surface area contributed by atoms with Gasteiger partial charge in [0.2, 0.25) is 0 Å². The van der Waals surface area contributed by atoms with Gasteiger partial charge in [-0.15, -0.1) is 0 Å². The largest absolute Gasteiger partial charge is 0.508 e. The molecule has 9 heteroatoms. The number of fused-ring (bicyclic) bond motifs is 5. The lowest BCUT2D eigenvalue weighted by Crippen LogP contribution is -2.43. The standard InChI is InChI=1S/C34H37F2N5O2/c1-2-24-27(35)8-7-22-14-23(42)15-25(28(22)24)30-29(36)31-26(16-37-30)32(40-17-20-5-6-21(13-20)18-40)39-33(38-31)43-19-34-9-3-11-41(34)12-4-10-34/h7-8,14-16,20-21,42H,2-6,9-13,17-19H2,1H3. The van der Waals surface area contributed by atoms with Crippen LogP contribution in [0.2, 0.25) is 0 Å². The predicted molar refractivity (Wildman–Crippen MR) is 163 cm³/mol. The molecule has 2 aromatic heterocycles. The molecule has 2 unspecified atom stereocenters. The highest BCUT2D eigenvalue weighted by molar-refractivity contribution is 6.01. The number of aryl methyl sites for hydroxylation is 1. The Morgan fingerprint density at radius 1 is 1.05 bits per heavy atom. The molecule has 1 aliphatic carbocycles. The molecule has 7 nitrogen and oxygen atoms in total. The zero-order chi connectivity index (χ0) is 29.3. The molecule has 4 fully saturated rings. The van der Waals surface area contributed by atoms with E-state index in [0.29, 0.717) is 58.0 Å². The molecular formula is C34H37F2N5O2. The fourth-order valence-electron chi connectivity index (χ4n) is 8.59. The molecule has 224 valence electrons. The minimum absolute atomic E-state index is 0.00572. The summed E-state index contributed by atoms with van der Waals surface area (Å²) in [5, 5.41) is 12.3. The molecule has 3 saturated heterocycles. The highest BCUT2D eigenvalue weighted by atomic mass is 19.1. The summed E-state index contributed by atoms with van der Waals surface area (Å²) in [4.78, 5) is 19.0. The van der Waals surface area contributed by atoms with Crippen molar-refractivity contribution in [3.63, 3.8) is 0 Å². The summed E-state index contributed by atoms with van der Waals surface area (Å²) < 4.78 is 38.1. The number of aromatic hydroxyl groups is 1. The van der Waals surface area contributed by atoms with Crippen LogP contribution in [0.1, 0.15) is 57.4 Å². The third-order valence-corrected chi connectivity index (χ3v) is 10.6. The Hall–Kier alpha value is -3.59. The zero-order valence-electron chi connectivity index (χ0n) is 24.6. The number of benzene rings is 2. The van der Waals surface area contributed by atoms with E-state index in [0.717, 1.165) is 51.9 Å². The fourth-order valence-corrected chi connectivity index (χ4v) is 8.59. The number of hydrogen-bond acceptors (Lipinski definition) is 7. The highest BCUT2D eigenvalue weighted by Crippen LogP contribution is 2.43. The Morgan fingerprint density at radius 2 is 1.81 bits per heavy atom. The summed E-state index contributed by atoms with van der Waals surface area (Å²) in [5.74, 6) is 0.862. The van der Waals surface area contributed by atoms with Gasteiger partial charge >= 0.3 is 6.01 Å². The smallest absolute Gasteiger partial charge is 0.319 e. The van der Waals surface area contributed by atoms with E-state index in [1.54, 1.807) is 18.3 Å². The molecule has 43 heavy (non-hydrogen) atoms. The lowest BCUT2D eigenvalue weighted by molar-refractivity contribution is 0.108. The molecule has 8 rings (SSSR count). The van der Waals surface area contributed by atoms with Crippen molar-refractivity contribution in [2.24, 2.45) is 11.8 Å². The Labute approximate surface area is 249 Å². The van der Waals surface area contributed by atoms with Gasteiger partial charge in [-0.05, 0) is 111 Å². The number of aromatic nitrogens is 3. The average Bonchev–Trinajstić information content (AvgIpc) is 3.69. The minimum atomic E-state index is -0.620. The van der Waals surface area contributed by atoms with Crippen molar-refractivity contribution in [2.75, 3.05) is 37.7 Å². The van der Waals surface area contributed by atoms with E-state index in [1.807, 2.05) is 6.92 Å². The first-order valence-corrected chi connectivity index (χ1v) is 15.9. The lowest BCUT2D eigenvalue weighted by atomic mass is 9.94. The third kappa shape index (κ3) is 4.41. The maximum atomic E-state index is 16.8. The van der Waals surface area contributed by atoms with Crippen molar-refractivity contribution >= 4 is 27.5 Å². The Balaban J connectivity index is 1.28. The molecule has 1 N–H and O–H groups in total. The number of phenolic OH excluding ortho intramolecular Hbond substituents is 1. The summed E-state index contributed by atoms with van der Waals surface area (Å²) in [7, 11) is 0. The molecule has 2 bridgehead atoms. The lowest BCUT2D eigenvalue weighted by Gasteiger charge is -2.34. The van der Waals surface area contributed by atoms with Gasteiger partial charge < -0.3 is 14.7 Å². The van der Waals surface area contributed by atoms with Crippen molar-refractivity contribution in [1.29, 1.82) is 0 Å². The van der Waals surface area contributed by atoms with Crippen LogP contribution in [0, 0.1) is 23.5 Å². The van der Waals surface area contributed by atoms with Gasteiger partial charge in [-0.3, -0.25) is 9.88 Å². The van der Waals surface area contributed by atoms with Crippen LogP contribution in [-0.4, -0.2) is 63.3 Å². The maximum Gasteiger partial charge on any atom is 0.319 e. The molecule has 0 amide bonds. The monoisotopic (exact) mass is 585 g/mol.